The molecule has 0 bridgehead atoms. The maximum absolute atomic E-state index is 12.4. The highest BCUT2D eigenvalue weighted by atomic mass is 16.4. The van der Waals surface area contributed by atoms with Gasteiger partial charge in [-0.05, 0) is 18.8 Å². The van der Waals surface area contributed by atoms with Gasteiger partial charge in [-0.3, -0.25) is 9.59 Å². The van der Waals surface area contributed by atoms with Crippen molar-refractivity contribution in [3.63, 3.8) is 0 Å². The number of hydrogen-bond acceptors (Lipinski definition) is 4. The van der Waals surface area contributed by atoms with Crippen LogP contribution in [-0.2, 0) is 16.1 Å². The summed E-state index contributed by atoms with van der Waals surface area (Å²) in [5, 5.41) is 17.0. The molecule has 24 heavy (non-hydrogen) atoms. The van der Waals surface area contributed by atoms with Gasteiger partial charge < -0.3 is 10.0 Å². The van der Waals surface area contributed by atoms with Crippen molar-refractivity contribution in [1.29, 1.82) is 0 Å². The monoisotopic (exact) mass is 328 g/mol. The van der Waals surface area contributed by atoms with Crippen molar-refractivity contribution in [1.82, 2.24) is 19.9 Å². The van der Waals surface area contributed by atoms with Gasteiger partial charge in [-0.25, -0.2) is 4.68 Å². The van der Waals surface area contributed by atoms with E-state index in [2.05, 4.69) is 10.3 Å². The molecule has 0 saturated carbocycles. The molecule has 2 aromatic rings. The molecule has 1 aromatic heterocycles. The number of rotatable bonds is 5. The average Bonchev–Trinajstić information content (AvgIpc) is 3.04. The molecule has 3 rings (SSSR count). The second-order valence-electron chi connectivity index (χ2n) is 6.09. The lowest BCUT2D eigenvalue weighted by Crippen LogP contribution is -2.40. The number of aromatic nitrogens is 3. The summed E-state index contributed by atoms with van der Waals surface area (Å²) < 4.78 is 1.55. The molecule has 1 N–H and O–H groups in total. The van der Waals surface area contributed by atoms with Crippen molar-refractivity contribution in [3.8, 4) is 11.3 Å². The van der Waals surface area contributed by atoms with Crippen LogP contribution >= 0.6 is 0 Å². The summed E-state index contributed by atoms with van der Waals surface area (Å²) in [4.78, 5) is 24.9. The topological polar surface area (TPSA) is 88.3 Å². The first kappa shape index (κ1) is 16.2. The summed E-state index contributed by atoms with van der Waals surface area (Å²) in [5.74, 6) is -0.605. The smallest absolute Gasteiger partial charge is 0.303 e. The predicted molar refractivity (Wildman–Crippen MR) is 87.0 cm³/mol. The van der Waals surface area contributed by atoms with Crippen LogP contribution in [0.5, 0.6) is 0 Å². The Morgan fingerprint density at radius 1 is 1.17 bits per heavy atom. The fraction of sp³-hybridized carbons (Fsp3) is 0.412. The Hall–Kier alpha value is -2.70. The minimum atomic E-state index is -0.768. The normalized spacial score (nSPS) is 15.4. The maximum atomic E-state index is 12.4. The van der Waals surface area contributed by atoms with Crippen LogP contribution in [0, 0.1) is 5.92 Å². The first-order valence-electron chi connectivity index (χ1n) is 8.07. The summed E-state index contributed by atoms with van der Waals surface area (Å²) in [5.41, 5.74) is 1.70. The molecule has 126 valence electrons. The van der Waals surface area contributed by atoms with Crippen LogP contribution in [0.1, 0.15) is 19.3 Å². The van der Waals surface area contributed by atoms with Crippen molar-refractivity contribution in [2.75, 3.05) is 13.1 Å². The van der Waals surface area contributed by atoms with Crippen molar-refractivity contribution in [2.45, 2.75) is 25.8 Å². The Bertz CT molecular complexity index is 706. The number of nitrogens with zero attached hydrogens (tertiary/aromatic N) is 4. The molecule has 7 heteroatoms. The third-order valence-corrected chi connectivity index (χ3v) is 4.34. The minimum Gasteiger partial charge on any atom is -0.481 e. The van der Waals surface area contributed by atoms with Crippen LogP contribution in [0.3, 0.4) is 0 Å². The molecule has 1 saturated heterocycles. The molecule has 1 fully saturated rings. The zero-order valence-corrected chi connectivity index (χ0v) is 13.3. The summed E-state index contributed by atoms with van der Waals surface area (Å²) in [6, 6.07) is 9.69. The number of carboxylic acids is 1. The van der Waals surface area contributed by atoms with Crippen molar-refractivity contribution in [3.05, 3.63) is 36.5 Å². The van der Waals surface area contributed by atoms with Crippen molar-refractivity contribution < 1.29 is 14.7 Å². The number of likely N-dealkylation sites (tertiary alicyclic amines) is 1. The maximum Gasteiger partial charge on any atom is 0.303 e. The summed E-state index contributed by atoms with van der Waals surface area (Å²) >= 11 is 0. The Labute approximate surface area is 139 Å². The summed E-state index contributed by atoms with van der Waals surface area (Å²) in [6.07, 6.45) is 3.44. The Kier molecular flexibility index (Phi) is 4.88. The van der Waals surface area contributed by atoms with E-state index < -0.39 is 5.97 Å². The van der Waals surface area contributed by atoms with Gasteiger partial charge in [-0.15, -0.1) is 5.10 Å². The first-order chi connectivity index (χ1) is 11.6. The molecular weight excluding hydrogens is 308 g/mol. The van der Waals surface area contributed by atoms with Gasteiger partial charge in [0.25, 0.3) is 0 Å². The summed E-state index contributed by atoms with van der Waals surface area (Å²) in [6.45, 7) is 1.37. The van der Waals surface area contributed by atoms with Crippen LogP contribution in [0.25, 0.3) is 11.3 Å². The minimum absolute atomic E-state index is 0.00622. The van der Waals surface area contributed by atoms with Crippen LogP contribution in [-0.4, -0.2) is 50.0 Å². The van der Waals surface area contributed by atoms with E-state index >= 15 is 0 Å². The van der Waals surface area contributed by atoms with E-state index in [1.54, 1.807) is 15.8 Å². The van der Waals surface area contributed by atoms with Gasteiger partial charge in [0.1, 0.15) is 12.2 Å². The van der Waals surface area contributed by atoms with Gasteiger partial charge >= 0.3 is 5.97 Å². The van der Waals surface area contributed by atoms with Gasteiger partial charge in [-0.1, -0.05) is 35.5 Å². The molecule has 2 heterocycles. The molecule has 0 aliphatic carbocycles. The molecule has 1 aliphatic rings. The lowest BCUT2D eigenvalue weighted by molar-refractivity contribution is -0.138. The van der Waals surface area contributed by atoms with Gasteiger partial charge in [0, 0.05) is 25.1 Å². The van der Waals surface area contributed by atoms with E-state index in [-0.39, 0.29) is 24.8 Å². The van der Waals surface area contributed by atoms with Crippen LogP contribution in [0.4, 0.5) is 0 Å². The predicted octanol–water partition coefficient (Wildman–Crippen LogP) is 1.66. The van der Waals surface area contributed by atoms with Gasteiger partial charge in [0.05, 0.1) is 6.20 Å². The molecule has 1 aliphatic heterocycles. The Morgan fingerprint density at radius 2 is 1.88 bits per heavy atom. The van der Waals surface area contributed by atoms with E-state index in [1.807, 2.05) is 30.3 Å². The van der Waals surface area contributed by atoms with E-state index in [0.717, 1.165) is 24.1 Å². The first-order valence-corrected chi connectivity index (χ1v) is 8.07. The average molecular weight is 328 g/mol. The van der Waals surface area contributed by atoms with E-state index in [1.165, 1.54) is 0 Å². The molecule has 0 unspecified atom stereocenters. The molecule has 0 spiro atoms. The SMILES string of the molecule is O=C(O)CC1CCN(C(=O)Cn2cc(-c3ccccc3)nn2)CC1. The zero-order valence-electron chi connectivity index (χ0n) is 13.3. The fourth-order valence-corrected chi connectivity index (χ4v) is 2.99. The van der Waals surface area contributed by atoms with Crippen molar-refractivity contribution >= 4 is 11.9 Å². The highest BCUT2D eigenvalue weighted by molar-refractivity contribution is 5.76. The molecular formula is C17H20N4O3. The molecule has 0 atom stereocenters. The number of benzene rings is 1. The standard InChI is InChI=1S/C17H20N4O3/c22-16(20-8-6-13(7-9-20)10-17(23)24)12-21-11-15(18-19-21)14-4-2-1-3-5-14/h1-5,11,13H,6-10,12H2,(H,23,24). The fourth-order valence-electron chi connectivity index (χ4n) is 2.99. The van der Waals surface area contributed by atoms with Gasteiger partial charge in [0.2, 0.25) is 5.91 Å². The second kappa shape index (κ2) is 7.25. The quantitative estimate of drug-likeness (QED) is 0.902. The Balaban J connectivity index is 1.54. The third-order valence-electron chi connectivity index (χ3n) is 4.34. The number of amides is 1. The van der Waals surface area contributed by atoms with Gasteiger partial charge in [-0.2, -0.15) is 0 Å². The second-order valence-corrected chi connectivity index (χ2v) is 6.09. The van der Waals surface area contributed by atoms with Crippen LogP contribution < -0.4 is 0 Å². The number of carbonyl (C=O) groups excluding carboxylic acids is 1. The number of carboxylic acid groups (broad SMARTS) is 1. The highest BCUT2D eigenvalue weighted by Gasteiger charge is 2.24. The molecule has 0 radical (unpaired) electrons. The van der Waals surface area contributed by atoms with Crippen molar-refractivity contribution in [2.24, 2.45) is 5.92 Å². The molecule has 7 nitrogen and oxygen atoms in total. The summed E-state index contributed by atoms with van der Waals surface area (Å²) in [7, 11) is 0. The lowest BCUT2D eigenvalue weighted by atomic mass is 9.93. The molecule has 1 amide bonds. The highest BCUT2D eigenvalue weighted by Crippen LogP contribution is 2.21. The van der Waals surface area contributed by atoms with Crippen LogP contribution in [0.15, 0.2) is 36.5 Å². The largest absolute Gasteiger partial charge is 0.481 e. The van der Waals surface area contributed by atoms with E-state index in [9.17, 15) is 9.59 Å². The Morgan fingerprint density at radius 3 is 2.54 bits per heavy atom. The van der Waals surface area contributed by atoms with Crippen LogP contribution in [0.2, 0.25) is 0 Å². The van der Waals surface area contributed by atoms with E-state index in [4.69, 9.17) is 5.11 Å². The third kappa shape index (κ3) is 3.98. The number of aliphatic carboxylic acids is 1. The lowest BCUT2D eigenvalue weighted by Gasteiger charge is -2.31. The number of carbonyl (C=O) groups is 2. The zero-order chi connectivity index (χ0) is 16.9. The number of piperidine rings is 1. The van der Waals surface area contributed by atoms with Gasteiger partial charge in [0.15, 0.2) is 0 Å². The van der Waals surface area contributed by atoms with E-state index in [0.29, 0.717) is 13.1 Å². The number of hydrogen-bond donors (Lipinski definition) is 1. The molecule has 1 aromatic carbocycles.